The predicted molar refractivity (Wildman–Crippen MR) is 74.3 cm³/mol. The summed E-state index contributed by atoms with van der Waals surface area (Å²) >= 11 is 0. The first-order chi connectivity index (χ1) is 9.61. The van der Waals surface area contributed by atoms with Crippen LogP contribution in [0.5, 0.6) is 5.75 Å². The van der Waals surface area contributed by atoms with Gasteiger partial charge in [0.1, 0.15) is 5.75 Å². The van der Waals surface area contributed by atoms with Gasteiger partial charge in [-0.3, -0.25) is 9.78 Å². The number of benzene rings is 1. The number of carbonyl (C=O) groups excluding carboxylic acids is 1. The van der Waals surface area contributed by atoms with E-state index in [1.807, 2.05) is 0 Å². The highest BCUT2D eigenvalue weighted by atomic mass is 16.4. The first kappa shape index (κ1) is 13.5. The van der Waals surface area contributed by atoms with Gasteiger partial charge in [0.05, 0.1) is 17.5 Å². The monoisotopic (exact) mass is 271 g/mol. The fourth-order valence-corrected chi connectivity index (χ4v) is 1.66. The molecule has 6 nitrogen and oxygen atoms in total. The Kier molecular flexibility index (Phi) is 3.95. The standard InChI is InChI=1S/C14H13N3O3/c1-9(17-20)10-3-2-4-11(7-10)16-14(19)12-5-6-15-8-13(12)18/h2-8,18,20H,1H3,(H,16,19)/b17-9-. The molecular formula is C14H13N3O3. The van der Waals surface area contributed by atoms with Crippen LogP contribution in [0.4, 0.5) is 5.69 Å². The number of rotatable bonds is 3. The molecule has 0 fully saturated rings. The number of nitrogens with zero attached hydrogens (tertiary/aromatic N) is 2. The van der Waals surface area contributed by atoms with E-state index in [-0.39, 0.29) is 11.3 Å². The molecule has 0 aliphatic rings. The van der Waals surface area contributed by atoms with Gasteiger partial charge in [-0.2, -0.15) is 0 Å². The molecule has 0 bridgehead atoms. The van der Waals surface area contributed by atoms with E-state index in [4.69, 9.17) is 5.21 Å². The van der Waals surface area contributed by atoms with Crippen LogP contribution in [-0.2, 0) is 0 Å². The molecule has 0 atom stereocenters. The quantitative estimate of drug-likeness (QED) is 0.453. The molecule has 0 saturated heterocycles. The van der Waals surface area contributed by atoms with E-state index in [9.17, 15) is 9.90 Å². The molecule has 1 aromatic carbocycles. The highest BCUT2D eigenvalue weighted by molar-refractivity contribution is 6.07. The van der Waals surface area contributed by atoms with E-state index >= 15 is 0 Å². The van der Waals surface area contributed by atoms with Crippen molar-refractivity contribution in [2.75, 3.05) is 5.32 Å². The van der Waals surface area contributed by atoms with E-state index in [0.717, 1.165) is 0 Å². The molecule has 6 heteroatoms. The van der Waals surface area contributed by atoms with Gasteiger partial charge in [0.15, 0.2) is 0 Å². The summed E-state index contributed by atoms with van der Waals surface area (Å²) in [5, 5.41) is 24.1. The molecule has 0 spiro atoms. The maximum absolute atomic E-state index is 12.0. The molecule has 0 saturated carbocycles. The van der Waals surface area contributed by atoms with Crippen LogP contribution in [0.2, 0.25) is 0 Å². The first-order valence-electron chi connectivity index (χ1n) is 5.85. The summed E-state index contributed by atoms with van der Waals surface area (Å²) in [5.41, 5.74) is 1.79. The van der Waals surface area contributed by atoms with Crippen molar-refractivity contribution in [3.8, 4) is 5.75 Å². The predicted octanol–water partition coefficient (Wildman–Crippen LogP) is 2.24. The van der Waals surface area contributed by atoms with Crippen molar-refractivity contribution in [3.05, 3.63) is 53.9 Å². The second-order valence-electron chi connectivity index (χ2n) is 4.11. The Balaban J connectivity index is 2.23. The van der Waals surface area contributed by atoms with E-state index in [0.29, 0.717) is 17.0 Å². The molecule has 3 N–H and O–H groups in total. The molecule has 2 aromatic rings. The number of amides is 1. The van der Waals surface area contributed by atoms with Crippen molar-refractivity contribution in [1.82, 2.24) is 4.98 Å². The molecule has 1 heterocycles. The summed E-state index contributed by atoms with van der Waals surface area (Å²) in [6, 6.07) is 8.28. The van der Waals surface area contributed by atoms with Crippen LogP contribution in [0.3, 0.4) is 0 Å². The van der Waals surface area contributed by atoms with Gasteiger partial charge < -0.3 is 15.6 Å². The Bertz CT molecular complexity index is 668. The molecule has 1 amide bonds. The maximum atomic E-state index is 12.0. The number of nitrogens with one attached hydrogen (secondary N) is 1. The summed E-state index contributed by atoms with van der Waals surface area (Å²) < 4.78 is 0. The largest absolute Gasteiger partial charge is 0.505 e. The normalized spacial score (nSPS) is 11.2. The van der Waals surface area contributed by atoms with Gasteiger partial charge in [0.25, 0.3) is 5.91 Å². The van der Waals surface area contributed by atoms with Crippen LogP contribution in [-0.4, -0.2) is 26.9 Å². The lowest BCUT2D eigenvalue weighted by molar-refractivity contribution is 0.102. The second-order valence-corrected chi connectivity index (χ2v) is 4.11. The highest BCUT2D eigenvalue weighted by Crippen LogP contribution is 2.17. The van der Waals surface area contributed by atoms with Crippen LogP contribution in [0.15, 0.2) is 47.9 Å². The van der Waals surface area contributed by atoms with Gasteiger partial charge in [-0.1, -0.05) is 17.3 Å². The summed E-state index contributed by atoms with van der Waals surface area (Å²) in [5.74, 6) is -0.630. The zero-order valence-corrected chi connectivity index (χ0v) is 10.7. The Morgan fingerprint density at radius 3 is 2.85 bits per heavy atom. The van der Waals surface area contributed by atoms with Crippen LogP contribution >= 0.6 is 0 Å². The molecule has 0 aliphatic carbocycles. The maximum Gasteiger partial charge on any atom is 0.259 e. The van der Waals surface area contributed by atoms with Gasteiger partial charge in [0.2, 0.25) is 0 Å². The van der Waals surface area contributed by atoms with Crippen molar-refractivity contribution < 1.29 is 15.1 Å². The van der Waals surface area contributed by atoms with E-state index < -0.39 is 5.91 Å². The lowest BCUT2D eigenvalue weighted by atomic mass is 10.1. The Morgan fingerprint density at radius 1 is 1.35 bits per heavy atom. The molecule has 20 heavy (non-hydrogen) atoms. The number of aromatic hydroxyl groups is 1. The Labute approximate surface area is 115 Å². The third kappa shape index (κ3) is 2.92. The van der Waals surface area contributed by atoms with Gasteiger partial charge in [0, 0.05) is 17.4 Å². The van der Waals surface area contributed by atoms with Crippen LogP contribution in [0.1, 0.15) is 22.8 Å². The molecule has 2 rings (SSSR count). The summed E-state index contributed by atoms with van der Waals surface area (Å²) in [6.45, 7) is 1.65. The van der Waals surface area contributed by atoms with Crippen molar-refractivity contribution in [2.45, 2.75) is 6.92 Å². The molecule has 0 unspecified atom stereocenters. The van der Waals surface area contributed by atoms with Crippen molar-refractivity contribution in [3.63, 3.8) is 0 Å². The lowest BCUT2D eigenvalue weighted by Crippen LogP contribution is -2.12. The van der Waals surface area contributed by atoms with Crippen molar-refractivity contribution in [1.29, 1.82) is 0 Å². The summed E-state index contributed by atoms with van der Waals surface area (Å²) in [4.78, 5) is 15.7. The average Bonchev–Trinajstić information content (AvgIpc) is 2.47. The number of pyridine rings is 1. The fraction of sp³-hybridized carbons (Fsp3) is 0.0714. The van der Waals surface area contributed by atoms with Crippen LogP contribution < -0.4 is 5.32 Å². The third-order valence-corrected chi connectivity index (χ3v) is 2.73. The van der Waals surface area contributed by atoms with Gasteiger partial charge >= 0.3 is 0 Å². The van der Waals surface area contributed by atoms with Crippen LogP contribution in [0, 0.1) is 0 Å². The minimum Gasteiger partial charge on any atom is -0.505 e. The minimum absolute atomic E-state index is 0.137. The summed E-state index contributed by atoms with van der Waals surface area (Å²) in [7, 11) is 0. The number of hydrogen-bond donors (Lipinski definition) is 3. The smallest absolute Gasteiger partial charge is 0.259 e. The van der Waals surface area contributed by atoms with E-state index in [1.165, 1.54) is 18.5 Å². The fourth-order valence-electron chi connectivity index (χ4n) is 1.66. The lowest BCUT2D eigenvalue weighted by Gasteiger charge is -2.07. The Morgan fingerprint density at radius 2 is 2.15 bits per heavy atom. The number of aromatic nitrogens is 1. The second kappa shape index (κ2) is 5.83. The van der Waals surface area contributed by atoms with Crippen LogP contribution in [0.25, 0.3) is 0 Å². The van der Waals surface area contributed by atoms with Crippen molar-refractivity contribution in [2.24, 2.45) is 5.16 Å². The van der Waals surface area contributed by atoms with E-state index in [1.54, 1.807) is 31.2 Å². The molecule has 102 valence electrons. The molecular weight excluding hydrogens is 258 g/mol. The Hall–Kier alpha value is -2.89. The number of hydrogen-bond acceptors (Lipinski definition) is 5. The highest BCUT2D eigenvalue weighted by Gasteiger charge is 2.11. The number of carbonyl (C=O) groups is 1. The van der Waals surface area contributed by atoms with E-state index in [2.05, 4.69) is 15.5 Å². The molecule has 1 aromatic heterocycles. The topological polar surface area (TPSA) is 94.8 Å². The van der Waals surface area contributed by atoms with Gasteiger partial charge in [-0.25, -0.2) is 0 Å². The molecule has 0 aliphatic heterocycles. The zero-order valence-electron chi connectivity index (χ0n) is 10.7. The van der Waals surface area contributed by atoms with Gasteiger partial charge in [-0.05, 0) is 25.1 Å². The average molecular weight is 271 g/mol. The number of oxime groups is 1. The third-order valence-electron chi connectivity index (χ3n) is 2.73. The van der Waals surface area contributed by atoms with Crippen molar-refractivity contribution >= 4 is 17.3 Å². The molecule has 0 radical (unpaired) electrons. The minimum atomic E-state index is -0.444. The zero-order chi connectivity index (χ0) is 14.5. The number of anilines is 1. The van der Waals surface area contributed by atoms with Gasteiger partial charge in [-0.15, -0.1) is 0 Å². The first-order valence-corrected chi connectivity index (χ1v) is 5.85. The SMILES string of the molecule is C/C(=N/O)c1cccc(NC(=O)c2ccncc2O)c1. The summed E-state index contributed by atoms with van der Waals surface area (Å²) in [6.07, 6.45) is 2.63.